The van der Waals surface area contributed by atoms with Crippen molar-refractivity contribution < 1.29 is 14.0 Å². The number of carbonyl (C=O) groups is 2. The summed E-state index contributed by atoms with van der Waals surface area (Å²) in [6.45, 7) is 6.88. The van der Waals surface area contributed by atoms with Crippen molar-refractivity contribution in [2.45, 2.75) is 50.8 Å². The van der Waals surface area contributed by atoms with E-state index in [2.05, 4.69) is 81.4 Å². The van der Waals surface area contributed by atoms with Gasteiger partial charge in [0.15, 0.2) is 0 Å². The van der Waals surface area contributed by atoms with Crippen LogP contribution in [0.15, 0.2) is 84.9 Å². The molecule has 1 aliphatic heterocycles. The molecule has 0 bridgehead atoms. The molecule has 3 aromatic carbocycles. The molecule has 3 aromatic rings. The molecule has 0 unspecified atom stereocenters. The van der Waals surface area contributed by atoms with Crippen LogP contribution >= 0.6 is 0 Å². The number of imide groups is 1. The van der Waals surface area contributed by atoms with Crippen LogP contribution in [0.1, 0.15) is 54.3 Å². The minimum Gasteiger partial charge on any atom is -0.404 e. The summed E-state index contributed by atoms with van der Waals surface area (Å²) in [6.07, 6.45) is 1.76. The Labute approximate surface area is 208 Å². The monoisotopic (exact) mass is 481 g/mol. The molecule has 178 valence electrons. The summed E-state index contributed by atoms with van der Waals surface area (Å²) >= 11 is 0. The zero-order valence-corrected chi connectivity index (χ0v) is 21.5. The van der Waals surface area contributed by atoms with Crippen molar-refractivity contribution in [3.05, 3.63) is 96.1 Å². The minimum absolute atomic E-state index is 0.0283. The van der Waals surface area contributed by atoms with Gasteiger partial charge in [-0.1, -0.05) is 93.6 Å². The smallest absolute Gasteiger partial charge is 0.261 e. The van der Waals surface area contributed by atoms with E-state index in [9.17, 15) is 9.59 Å². The highest BCUT2D eigenvalue weighted by atomic mass is 28.4. The van der Waals surface area contributed by atoms with E-state index in [0.29, 0.717) is 29.4 Å². The number of hydrogen-bond donors (Lipinski definition) is 0. The maximum atomic E-state index is 13.2. The van der Waals surface area contributed by atoms with Crippen molar-refractivity contribution in [1.29, 1.82) is 0 Å². The highest BCUT2D eigenvalue weighted by molar-refractivity contribution is 6.99. The molecule has 0 aromatic heterocycles. The molecule has 2 fully saturated rings. The largest absolute Gasteiger partial charge is 0.404 e. The van der Waals surface area contributed by atoms with Crippen molar-refractivity contribution >= 4 is 30.5 Å². The first kappa shape index (κ1) is 22.4. The molecule has 0 radical (unpaired) electrons. The van der Waals surface area contributed by atoms with Gasteiger partial charge in [0, 0.05) is 6.04 Å². The normalized spacial score (nSPS) is 25.5. The average Bonchev–Trinajstić information content (AvgIpc) is 3.53. The van der Waals surface area contributed by atoms with Crippen LogP contribution in [0.3, 0.4) is 0 Å². The zero-order chi connectivity index (χ0) is 24.4. The lowest BCUT2D eigenvalue weighted by molar-refractivity contribution is 0.0550. The van der Waals surface area contributed by atoms with E-state index in [1.54, 1.807) is 17.0 Å². The third-order valence-corrected chi connectivity index (χ3v) is 13.3. The Bertz CT molecular complexity index is 1210. The number of benzene rings is 3. The van der Waals surface area contributed by atoms with Crippen LogP contribution in [0.25, 0.3) is 0 Å². The summed E-state index contributed by atoms with van der Waals surface area (Å²) in [6, 6.07) is 28.5. The highest BCUT2D eigenvalue weighted by Gasteiger charge is 2.62. The van der Waals surface area contributed by atoms with Gasteiger partial charge >= 0.3 is 0 Å². The average molecular weight is 482 g/mol. The van der Waals surface area contributed by atoms with E-state index in [1.807, 2.05) is 12.1 Å². The molecule has 0 N–H and O–H groups in total. The SMILES string of the molecule is CC(C)(C)[Si](O[C@@H]1C[C@H](N2C(=O)c3ccccc3C2=O)[C@@H]2C[C@@H]21)(c1ccccc1)c1ccccc1. The molecular formula is C30H31NO3Si. The molecule has 2 aliphatic carbocycles. The molecule has 3 aliphatic rings. The fourth-order valence-corrected chi connectivity index (χ4v) is 11.3. The minimum atomic E-state index is -2.68. The predicted octanol–water partition coefficient (Wildman–Crippen LogP) is 4.64. The Kier molecular flexibility index (Phi) is 5.13. The summed E-state index contributed by atoms with van der Waals surface area (Å²) in [5.41, 5.74) is 1.07. The first-order valence-electron chi connectivity index (χ1n) is 12.6. The number of carbonyl (C=O) groups excluding carboxylic acids is 2. The van der Waals surface area contributed by atoms with Crippen LogP contribution in [0.5, 0.6) is 0 Å². The summed E-state index contributed by atoms with van der Waals surface area (Å²) in [7, 11) is -2.68. The lowest BCUT2D eigenvalue weighted by atomic mass is 10.1. The fraction of sp³-hybridized carbons (Fsp3) is 0.333. The van der Waals surface area contributed by atoms with Gasteiger partial charge in [0.2, 0.25) is 0 Å². The van der Waals surface area contributed by atoms with Gasteiger partial charge in [0.25, 0.3) is 20.1 Å². The van der Waals surface area contributed by atoms with Crippen LogP contribution in [0, 0.1) is 11.8 Å². The fourth-order valence-electron chi connectivity index (χ4n) is 6.55. The number of fused-ring (bicyclic) bond motifs is 2. The van der Waals surface area contributed by atoms with Gasteiger partial charge in [-0.25, -0.2) is 0 Å². The van der Waals surface area contributed by atoms with E-state index in [4.69, 9.17) is 4.43 Å². The maximum Gasteiger partial charge on any atom is 0.261 e. The van der Waals surface area contributed by atoms with Gasteiger partial charge < -0.3 is 4.43 Å². The molecule has 4 atom stereocenters. The van der Waals surface area contributed by atoms with E-state index >= 15 is 0 Å². The van der Waals surface area contributed by atoms with Gasteiger partial charge in [-0.05, 0) is 52.2 Å². The Morgan fingerprint density at radius 3 is 1.69 bits per heavy atom. The van der Waals surface area contributed by atoms with Gasteiger partial charge in [-0.15, -0.1) is 0 Å². The topological polar surface area (TPSA) is 46.6 Å². The van der Waals surface area contributed by atoms with Crippen LogP contribution in [-0.4, -0.2) is 37.2 Å². The number of hydrogen-bond acceptors (Lipinski definition) is 3. The number of nitrogens with zero attached hydrogens (tertiary/aromatic N) is 1. The van der Waals surface area contributed by atoms with E-state index in [1.165, 1.54) is 10.4 Å². The molecule has 0 saturated heterocycles. The summed E-state index contributed by atoms with van der Waals surface area (Å²) < 4.78 is 7.42. The van der Waals surface area contributed by atoms with Crippen molar-refractivity contribution in [1.82, 2.24) is 4.90 Å². The van der Waals surface area contributed by atoms with Crippen molar-refractivity contribution in [2.24, 2.45) is 11.8 Å². The Balaban J connectivity index is 1.37. The highest BCUT2D eigenvalue weighted by Crippen LogP contribution is 2.57. The van der Waals surface area contributed by atoms with E-state index < -0.39 is 8.32 Å². The first-order chi connectivity index (χ1) is 16.8. The molecule has 6 rings (SSSR count). The summed E-state index contributed by atoms with van der Waals surface area (Å²) in [5, 5.41) is 2.42. The lowest BCUT2D eigenvalue weighted by Crippen LogP contribution is -2.67. The van der Waals surface area contributed by atoms with E-state index in [0.717, 1.165) is 6.42 Å². The van der Waals surface area contributed by atoms with Crippen LogP contribution in [0.4, 0.5) is 0 Å². The van der Waals surface area contributed by atoms with Gasteiger partial charge in [-0.3, -0.25) is 14.5 Å². The van der Waals surface area contributed by atoms with Gasteiger partial charge in [-0.2, -0.15) is 0 Å². The second-order valence-electron chi connectivity index (χ2n) is 11.2. The molecule has 4 nitrogen and oxygen atoms in total. The summed E-state index contributed by atoms with van der Waals surface area (Å²) in [5.74, 6) is 0.436. The molecule has 2 amide bonds. The van der Waals surface area contributed by atoms with Crippen molar-refractivity contribution in [3.8, 4) is 0 Å². The molecule has 5 heteroatoms. The zero-order valence-electron chi connectivity index (χ0n) is 20.5. The van der Waals surface area contributed by atoms with E-state index in [-0.39, 0.29) is 29.0 Å². The van der Waals surface area contributed by atoms with Crippen LogP contribution in [0.2, 0.25) is 5.04 Å². The van der Waals surface area contributed by atoms with Crippen LogP contribution < -0.4 is 10.4 Å². The third kappa shape index (κ3) is 3.36. The predicted molar refractivity (Wildman–Crippen MR) is 139 cm³/mol. The second-order valence-corrected chi connectivity index (χ2v) is 15.5. The molecule has 35 heavy (non-hydrogen) atoms. The number of amides is 2. The molecule has 0 spiro atoms. The third-order valence-electron chi connectivity index (χ3n) is 8.24. The van der Waals surface area contributed by atoms with Crippen LogP contribution in [-0.2, 0) is 4.43 Å². The van der Waals surface area contributed by atoms with Gasteiger partial charge in [0.05, 0.1) is 17.2 Å². The Hall–Kier alpha value is -3.02. The quantitative estimate of drug-likeness (QED) is 0.394. The summed E-state index contributed by atoms with van der Waals surface area (Å²) in [4.78, 5) is 28.0. The second kappa shape index (κ2) is 8.00. The Morgan fingerprint density at radius 2 is 1.20 bits per heavy atom. The van der Waals surface area contributed by atoms with Crippen molar-refractivity contribution in [3.63, 3.8) is 0 Å². The molecular weight excluding hydrogens is 450 g/mol. The van der Waals surface area contributed by atoms with Gasteiger partial charge in [0.1, 0.15) is 0 Å². The standard InChI is InChI=1S/C30H31NO3Si/c1-30(2,3)35(20-12-6-4-7-13-20,21-14-8-5-9-15-21)34-27-19-26(24-18-25(24)27)31-28(32)22-16-10-11-17-23(22)29(31)33/h4-17,24-27H,18-19H2,1-3H3/t24-,25+,26+,27-/m1/s1. The first-order valence-corrected chi connectivity index (χ1v) is 14.5. The lowest BCUT2D eigenvalue weighted by Gasteiger charge is -2.45. The maximum absolute atomic E-state index is 13.2. The van der Waals surface area contributed by atoms with Crippen molar-refractivity contribution in [2.75, 3.05) is 0 Å². The molecule has 2 saturated carbocycles. The molecule has 1 heterocycles. The Morgan fingerprint density at radius 1 is 0.714 bits per heavy atom. The number of rotatable bonds is 5.